The van der Waals surface area contributed by atoms with Gasteiger partial charge in [-0.05, 0) is 18.6 Å². The lowest BCUT2D eigenvalue weighted by molar-refractivity contribution is -0.133. The molecule has 16 heavy (non-hydrogen) atoms. The normalized spacial score (nSPS) is 9.38. The lowest BCUT2D eigenvalue weighted by Gasteiger charge is -2.07. The Balaban J connectivity index is 2.46. The van der Waals surface area contributed by atoms with Gasteiger partial charge in [0.2, 0.25) is 0 Å². The fourth-order valence-corrected chi connectivity index (χ4v) is 1.05. The molecule has 0 atom stereocenters. The van der Waals surface area contributed by atoms with E-state index in [1.54, 1.807) is 12.1 Å². The van der Waals surface area contributed by atoms with Gasteiger partial charge in [-0.25, -0.2) is 9.59 Å². The van der Waals surface area contributed by atoms with Gasteiger partial charge in [-0.1, -0.05) is 18.2 Å². The number of aryl methyl sites for hydroxylation is 1. The minimum Gasteiger partial charge on any atom is -0.453 e. The van der Waals surface area contributed by atoms with Gasteiger partial charge in [0.15, 0.2) is 0 Å². The topological polar surface area (TPSA) is 64.6 Å². The minimum absolute atomic E-state index is 0.221. The van der Waals surface area contributed by atoms with Crippen LogP contribution in [0, 0.1) is 6.92 Å². The van der Waals surface area contributed by atoms with Gasteiger partial charge < -0.3 is 14.8 Å². The summed E-state index contributed by atoms with van der Waals surface area (Å²) in [4.78, 5) is 22.0. The maximum Gasteiger partial charge on any atom is 0.407 e. The summed E-state index contributed by atoms with van der Waals surface area (Å²) >= 11 is 0. The number of nitrogens with one attached hydrogen (secondary N) is 1. The number of hydrogen-bond acceptors (Lipinski definition) is 4. The molecule has 0 aliphatic heterocycles. The number of hydrogen-bond donors (Lipinski definition) is 1. The highest BCUT2D eigenvalue weighted by Gasteiger charge is 2.08. The number of benzene rings is 1. The zero-order chi connectivity index (χ0) is 12.0. The van der Waals surface area contributed by atoms with Crippen molar-refractivity contribution in [1.82, 2.24) is 5.32 Å². The number of ether oxygens (including phenoxy) is 2. The quantitative estimate of drug-likeness (QED) is 0.618. The van der Waals surface area contributed by atoms with Gasteiger partial charge in [0.25, 0.3) is 0 Å². The van der Waals surface area contributed by atoms with Gasteiger partial charge in [-0.3, -0.25) is 0 Å². The SMILES string of the molecule is COC(=O)NCC(=O)Oc1ccccc1C. The zero-order valence-corrected chi connectivity index (χ0v) is 9.15. The van der Waals surface area contributed by atoms with Crippen molar-refractivity contribution in [2.45, 2.75) is 6.92 Å². The molecule has 1 N–H and O–H groups in total. The van der Waals surface area contributed by atoms with Crippen LogP contribution in [0.5, 0.6) is 5.75 Å². The third-order valence-electron chi connectivity index (χ3n) is 1.88. The molecule has 0 unspecified atom stereocenters. The van der Waals surface area contributed by atoms with Gasteiger partial charge >= 0.3 is 12.1 Å². The van der Waals surface area contributed by atoms with E-state index in [2.05, 4.69) is 10.1 Å². The van der Waals surface area contributed by atoms with Crippen molar-refractivity contribution in [1.29, 1.82) is 0 Å². The second-order valence-electron chi connectivity index (χ2n) is 3.08. The number of alkyl carbamates (subject to hydrolysis) is 1. The Morgan fingerprint density at radius 3 is 2.62 bits per heavy atom. The number of carbonyl (C=O) groups excluding carboxylic acids is 2. The molecule has 1 rings (SSSR count). The van der Waals surface area contributed by atoms with E-state index in [1.807, 2.05) is 19.1 Å². The molecule has 0 aliphatic carbocycles. The molecule has 86 valence electrons. The molecule has 1 aromatic carbocycles. The second kappa shape index (κ2) is 5.75. The Bertz CT molecular complexity index is 389. The first-order valence-corrected chi connectivity index (χ1v) is 4.71. The van der Waals surface area contributed by atoms with E-state index in [1.165, 1.54) is 7.11 Å². The molecule has 5 heteroatoms. The average Bonchev–Trinajstić information content (AvgIpc) is 2.29. The van der Waals surface area contributed by atoms with Crippen LogP contribution in [-0.4, -0.2) is 25.7 Å². The highest BCUT2D eigenvalue weighted by molar-refractivity contribution is 5.79. The summed E-state index contributed by atoms with van der Waals surface area (Å²) in [6.45, 7) is 1.61. The van der Waals surface area contributed by atoms with Gasteiger partial charge in [-0.2, -0.15) is 0 Å². The number of para-hydroxylation sites is 1. The molecule has 0 saturated carbocycles. The predicted molar refractivity (Wildman–Crippen MR) is 57.2 cm³/mol. The van der Waals surface area contributed by atoms with Crippen molar-refractivity contribution >= 4 is 12.1 Å². The summed E-state index contributed by atoms with van der Waals surface area (Å²) in [7, 11) is 1.22. The first kappa shape index (κ1) is 12.0. The van der Waals surface area contributed by atoms with E-state index in [9.17, 15) is 9.59 Å². The summed E-state index contributed by atoms with van der Waals surface area (Å²) < 4.78 is 9.35. The Morgan fingerprint density at radius 2 is 2.00 bits per heavy atom. The van der Waals surface area contributed by atoms with E-state index in [0.29, 0.717) is 5.75 Å². The predicted octanol–water partition coefficient (Wildman–Crippen LogP) is 1.26. The Hall–Kier alpha value is -2.04. The summed E-state index contributed by atoms with van der Waals surface area (Å²) in [5.74, 6) is -0.0566. The molecule has 0 bridgehead atoms. The Morgan fingerprint density at radius 1 is 1.31 bits per heavy atom. The first-order chi connectivity index (χ1) is 7.63. The molecule has 1 aromatic rings. The standard InChI is InChI=1S/C11H13NO4/c1-8-5-3-4-6-9(8)16-10(13)7-12-11(14)15-2/h3-6H,7H2,1-2H3,(H,12,14). The highest BCUT2D eigenvalue weighted by Crippen LogP contribution is 2.15. The Kier molecular flexibility index (Phi) is 4.32. The van der Waals surface area contributed by atoms with Crippen LogP contribution in [0.15, 0.2) is 24.3 Å². The van der Waals surface area contributed by atoms with Crippen molar-refractivity contribution in [3.63, 3.8) is 0 Å². The number of carbonyl (C=O) groups is 2. The molecule has 0 aliphatic rings. The molecule has 0 heterocycles. The van der Waals surface area contributed by atoms with Crippen LogP contribution in [-0.2, 0) is 9.53 Å². The lowest BCUT2D eigenvalue weighted by Crippen LogP contribution is -2.31. The molecule has 0 fully saturated rings. The number of esters is 1. The zero-order valence-electron chi connectivity index (χ0n) is 9.15. The number of rotatable bonds is 3. The van der Waals surface area contributed by atoms with Crippen LogP contribution in [0.1, 0.15) is 5.56 Å². The van der Waals surface area contributed by atoms with Crippen molar-refractivity contribution < 1.29 is 19.1 Å². The van der Waals surface area contributed by atoms with Gasteiger partial charge in [-0.15, -0.1) is 0 Å². The van der Waals surface area contributed by atoms with Crippen molar-refractivity contribution in [2.24, 2.45) is 0 Å². The maximum absolute atomic E-state index is 11.3. The fourth-order valence-electron chi connectivity index (χ4n) is 1.05. The van der Waals surface area contributed by atoms with Gasteiger partial charge in [0, 0.05) is 0 Å². The molecule has 1 amide bonds. The molecule has 0 aromatic heterocycles. The van der Waals surface area contributed by atoms with E-state index in [-0.39, 0.29) is 6.54 Å². The van der Waals surface area contributed by atoms with Crippen LogP contribution in [0.4, 0.5) is 4.79 Å². The summed E-state index contributed by atoms with van der Waals surface area (Å²) in [5, 5.41) is 2.24. The molecule has 0 spiro atoms. The van der Waals surface area contributed by atoms with Gasteiger partial charge in [0.1, 0.15) is 12.3 Å². The minimum atomic E-state index is -0.665. The lowest BCUT2D eigenvalue weighted by atomic mass is 10.2. The van der Waals surface area contributed by atoms with Crippen molar-refractivity contribution in [3.05, 3.63) is 29.8 Å². The smallest absolute Gasteiger partial charge is 0.407 e. The third kappa shape index (κ3) is 3.61. The van der Waals surface area contributed by atoms with Crippen LogP contribution >= 0.6 is 0 Å². The molecule has 0 saturated heterocycles. The number of amides is 1. The van der Waals surface area contributed by atoms with Crippen LogP contribution < -0.4 is 10.1 Å². The Labute approximate surface area is 93.4 Å². The molecular weight excluding hydrogens is 210 g/mol. The average molecular weight is 223 g/mol. The van der Waals surface area contributed by atoms with Crippen LogP contribution in [0.3, 0.4) is 0 Å². The monoisotopic (exact) mass is 223 g/mol. The molecular formula is C11H13NO4. The van der Waals surface area contributed by atoms with Crippen LogP contribution in [0.25, 0.3) is 0 Å². The maximum atomic E-state index is 11.3. The van der Waals surface area contributed by atoms with Crippen LogP contribution in [0.2, 0.25) is 0 Å². The largest absolute Gasteiger partial charge is 0.453 e. The summed E-state index contributed by atoms with van der Waals surface area (Å²) in [5.41, 5.74) is 0.855. The third-order valence-corrected chi connectivity index (χ3v) is 1.88. The molecule has 0 radical (unpaired) electrons. The highest BCUT2D eigenvalue weighted by atomic mass is 16.5. The first-order valence-electron chi connectivity index (χ1n) is 4.71. The van der Waals surface area contributed by atoms with E-state index >= 15 is 0 Å². The second-order valence-corrected chi connectivity index (χ2v) is 3.08. The van der Waals surface area contributed by atoms with Crippen molar-refractivity contribution in [2.75, 3.05) is 13.7 Å². The van der Waals surface area contributed by atoms with Gasteiger partial charge in [0.05, 0.1) is 7.11 Å². The number of methoxy groups -OCH3 is 1. The van der Waals surface area contributed by atoms with E-state index in [4.69, 9.17) is 4.74 Å². The summed E-state index contributed by atoms with van der Waals surface area (Å²) in [6, 6.07) is 7.13. The van der Waals surface area contributed by atoms with E-state index < -0.39 is 12.1 Å². The van der Waals surface area contributed by atoms with E-state index in [0.717, 1.165) is 5.56 Å². The molecule has 5 nitrogen and oxygen atoms in total. The fraction of sp³-hybridized carbons (Fsp3) is 0.273. The van der Waals surface area contributed by atoms with Crippen molar-refractivity contribution in [3.8, 4) is 5.75 Å². The summed E-state index contributed by atoms with van der Waals surface area (Å²) in [6.07, 6.45) is -0.665.